The zero-order valence-corrected chi connectivity index (χ0v) is 9.64. The fraction of sp³-hybridized carbons (Fsp3) is 0.800. The Morgan fingerprint density at radius 2 is 2.31 bits per heavy atom. The van der Waals surface area contributed by atoms with Crippen LogP contribution in [0.4, 0.5) is 0 Å². The normalized spacial score (nSPS) is 22.9. The van der Waals surface area contributed by atoms with Crippen molar-refractivity contribution in [1.82, 2.24) is 10.2 Å². The van der Waals surface area contributed by atoms with Crippen LogP contribution < -0.4 is 11.1 Å². The first-order valence-corrected chi connectivity index (χ1v) is 5.44. The Bertz CT molecular complexity index is 280. The van der Waals surface area contributed by atoms with Crippen LogP contribution >= 0.6 is 0 Å². The maximum absolute atomic E-state index is 11.8. The molecule has 6 nitrogen and oxygen atoms in total. The van der Waals surface area contributed by atoms with Crippen LogP contribution in [0.3, 0.4) is 0 Å². The Labute approximate surface area is 94.8 Å². The summed E-state index contributed by atoms with van der Waals surface area (Å²) in [5, 5.41) is 12.4. The third-order valence-electron chi connectivity index (χ3n) is 2.55. The van der Waals surface area contributed by atoms with E-state index < -0.39 is 12.0 Å². The Hall–Kier alpha value is -1.14. The number of rotatable bonds is 5. The van der Waals surface area contributed by atoms with Crippen molar-refractivity contribution in [2.24, 2.45) is 5.73 Å². The number of hydrogen-bond acceptors (Lipinski definition) is 4. The summed E-state index contributed by atoms with van der Waals surface area (Å²) >= 11 is 0. The van der Waals surface area contributed by atoms with Crippen molar-refractivity contribution >= 4 is 11.8 Å². The van der Waals surface area contributed by atoms with Gasteiger partial charge in [0.05, 0.1) is 12.6 Å². The van der Waals surface area contributed by atoms with E-state index in [0.29, 0.717) is 13.0 Å². The first-order chi connectivity index (χ1) is 7.41. The van der Waals surface area contributed by atoms with E-state index >= 15 is 0 Å². The number of aliphatic hydroxyl groups is 1. The second kappa shape index (κ2) is 5.27. The highest BCUT2D eigenvalue weighted by Crippen LogP contribution is 2.12. The number of nitrogens with one attached hydrogen (secondary N) is 1. The summed E-state index contributed by atoms with van der Waals surface area (Å²) in [6, 6.07) is 0.0232. The van der Waals surface area contributed by atoms with E-state index in [9.17, 15) is 14.7 Å². The molecule has 2 atom stereocenters. The van der Waals surface area contributed by atoms with Crippen LogP contribution in [0.15, 0.2) is 0 Å². The molecule has 0 bridgehead atoms. The lowest BCUT2D eigenvalue weighted by Crippen LogP contribution is -2.45. The van der Waals surface area contributed by atoms with E-state index in [1.165, 1.54) is 4.90 Å². The predicted octanol–water partition coefficient (Wildman–Crippen LogP) is -1.57. The number of carbonyl (C=O) groups is 2. The highest BCUT2D eigenvalue weighted by atomic mass is 16.3. The van der Waals surface area contributed by atoms with Gasteiger partial charge in [-0.2, -0.15) is 0 Å². The average molecular weight is 229 g/mol. The van der Waals surface area contributed by atoms with Crippen molar-refractivity contribution in [3.05, 3.63) is 0 Å². The second-order valence-corrected chi connectivity index (χ2v) is 4.37. The lowest BCUT2D eigenvalue weighted by Gasteiger charge is -2.19. The van der Waals surface area contributed by atoms with Crippen LogP contribution in [0.2, 0.25) is 0 Å². The van der Waals surface area contributed by atoms with E-state index in [0.717, 1.165) is 0 Å². The van der Waals surface area contributed by atoms with Crippen molar-refractivity contribution in [2.45, 2.75) is 38.5 Å². The van der Waals surface area contributed by atoms with Crippen molar-refractivity contribution < 1.29 is 14.7 Å². The van der Waals surface area contributed by atoms with Crippen LogP contribution in [-0.2, 0) is 9.59 Å². The number of likely N-dealkylation sites (tertiary alicyclic amines) is 1. The lowest BCUT2D eigenvalue weighted by molar-refractivity contribution is -0.133. The first kappa shape index (κ1) is 12.9. The van der Waals surface area contributed by atoms with Crippen molar-refractivity contribution in [1.29, 1.82) is 0 Å². The van der Waals surface area contributed by atoms with E-state index in [1.54, 1.807) is 0 Å². The lowest BCUT2D eigenvalue weighted by atomic mass is 10.2. The van der Waals surface area contributed by atoms with Gasteiger partial charge in [-0.05, 0) is 6.42 Å². The molecule has 1 aliphatic heterocycles. The summed E-state index contributed by atoms with van der Waals surface area (Å²) in [7, 11) is 0. The molecule has 2 amide bonds. The molecule has 1 saturated heterocycles. The van der Waals surface area contributed by atoms with Crippen molar-refractivity contribution in [2.75, 3.05) is 13.1 Å². The molecule has 1 aliphatic rings. The molecule has 16 heavy (non-hydrogen) atoms. The molecule has 2 unspecified atom stereocenters. The molecule has 0 aromatic heterocycles. The van der Waals surface area contributed by atoms with Gasteiger partial charge in [-0.15, -0.1) is 0 Å². The van der Waals surface area contributed by atoms with E-state index in [1.807, 2.05) is 13.8 Å². The summed E-state index contributed by atoms with van der Waals surface area (Å²) < 4.78 is 0. The number of hydrogen-bond donors (Lipinski definition) is 3. The largest absolute Gasteiger partial charge is 0.381 e. The Morgan fingerprint density at radius 1 is 1.69 bits per heavy atom. The molecule has 1 rings (SSSR count). The molecule has 1 heterocycles. The van der Waals surface area contributed by atoms with Gasteiger partial charge in [-0.3, -0.25) is 9.59 Å². The molecule has 0 aromatic rings. The maximum Gasteiger partial charge on any atom is 0.248 e. The van der Waals surface area contributed by atoms with E-state index in [-0.39, 0.29) is 24.5 Å². The molecular formula is C10H19N3O3. The number of amides is 2. The summed E-state index contributed by atoms with van der Waals surface area (Å²) in [5.74, 6) is -0.873. The number of primary amides is 1. The van der Waals surface area contributed by atoms with Gasteiger partial charge in [0, 0.05) is 12.6 Å². The topological polar surface area (TPSA) is 95.7 Å². The number of β-amino-alcohol motifs (C(OH)–C–C–N with tert-alkyl or cyclic N) is 1. The minimum atomic E-state index is -1.28. The minimum absolute atomic E-state index is 0.00948. The fourth-order valence-electron chi connectivity index (χ4n) is 1.78. The number of nitrogens with two attached hydrogens (primary N) is 1. The molecule has 0 radical (unpaired) electrons. The molecular weight excluding hydrogens is 210 g/mol. The van der Waals surface area contributed by atoms with Crippen LogP contribution in [-0.4, -0.2) is 53.1 Å². The number of aliphatic hydroxyl groups excluding tert-OH is 1. The monoisotopic (exact) mass is 229 g/mol. The van der Waals surface area contributed by atoms with Gasteiger partial charge in [0.25, 0.3) is 0 Å². The van der Waals surface area contributed by atoms with Crippen molar-refractivity contribution in [3.63, 3.8) is 0 Å². The van der Waals surface area contributed by atoms with Crippen LogP contribution in [0.5, 0.6) is 0 Å². The van der Waals surface area contributed by atoms with Gasteiger partial charge in [0.1, 0.15) is 6.10 Å². The zero-order chi connectivity index (χ0) is 12.3. The highest BCUT2D eigenvalue weighted by Gasteiger charge is 2.33. The van der Waals surface area contributed by atoms with Gasteiger partial charge in [-0.1, -0.05) is 13.8 Å². The number of carbonyl (C=O) groups excluding carboxylic acids is 2. The average Bonchev–Trinajstić information content (AvgIpc) is 2.49. The summed E-state index contributed by atoms with van der Waals surface area (Å²) in [6.07, 6.45) is -0.579. The Kier molecular flexibility index (Phi) is 4.26. The second-order valence-electron chi connectivity index (χ2n) is 4.37. The summed E-state index contributed by atoms with van der Waals surface area (Å²) in [4.78, 5) is 23.9. The van der Waals surface area contributed by atoms with Crippen molar-refractivity contribution in [3.8, 4) is 0 Å². The highest BCUT2D eigenvalue weighted by molar-refractivity contribution is 5.85. The van der Waals surface area contributed by atoms with Gasteiger partial charge in [0.15, 0.2) is 0 Å². The molecule has 0 spiro atoms. The van der Waals surface area contributed by atoms with E-state index in [2.05, 4.69) is 5.32 Å². The predicted molar refractivity (Wildman–Crippen MR) is 58.5 cm³/mol. The molecule has 4 N–H and O–H groups in total. The third kappa shape index (κ3) is 3.18. The number of nitrogens with zero attached hydrogens (tertiary/aromatic N) is 1. The van der Waals surface area contributed by atoms with Crippen LogP contribution in [0.25, 0.3) is 0 Å². The maximum atomic E-state index is 11.8. The van der Waals surface area contributed by atoms with Gasteiger partial charge in [-0.25, -0.2) is 0 Å². The summed E-state index contributed by atoms with van der Waals surface area (Å²) in [5.41, 5.74) is 4.93. The Morgan fingerprint density at radius 3 is 2.81 bits per heavy atom. The quantitative estimate of drug-likeness (QED) is 0.531. The first-order valence-electron chi connectivity index (χ1n) is 5.44. The van der Waals surface area contributed by atoms with Crippen LogP contribution in [0.1, 0.15) is 20.3 Å². The molecule has 1 fully saturated rings. The molecule has 0 saturated carbocycles. The Balaban J connectivity index is 2.48. The molecule has 0 aliphatic carbocycles. The fourth-order valence-corrected chi connectivity index (χ4v) is 1.78. The molecule has 0 aromatic carbocycles. The SMILES string of the molecule is CC(C)NC1CCN(CC(O)C(N)=O)C1=O. The molecule has 6 heteroatoms. The van der Waals surface area contributed by atoms with Gasteiger partial charge < -0.3 is 21.1 Å². The minimum Gasteiger partial charge on any atom is -0.381 e. The standard InChI is InChI=1S/C10H19N3O3/c1-6(2)12-7-3-4-13(10(7)16)5-8(14)9(11)15/h6-8,12,14H,3-5H2,1-2H3,(H2,11,15). The third-order valence-corrected chi connectivity index (χ3v) is 2.55. The van der Waals surface area contributed by atoms with Gasteiger partial charge >= 0.3 is 0 Å². The van der Waals surface area contributed by atoms with E-state index in [4.69, 9.17) is 5.73 Å². The van der Waals surface area contributed by atoms with Gasteiger partial charge in [0.2, 0.25) is 11.8 Å². The summed E-state index contributed by atoms with van der Waals surface area (Å²) in [6.45, 7) is 4.47. The smallest absolute Gasteiger partial charge is 0.248 e. The molecule has 92 valence electrons. The zero-order valence-electron chi connectivity index (χ0n) is 9.64. The van der Waals surface area contributed by atoms with Crippen LogP contribution in [0, 0.1) is 0 Å².